The molecule has 2 heterocycles. The second-order valence-corrected chi connectivity index (χ2v) is 4.50. The summed E-state index contributed by atoms with van der Waals surface area (Å²) in [6.07, 6.45) is 6.59. The highest BCUT2D eigenvalue weighted by Crippen LogP contribution is 2.19. The van der Waals surface area contributed by atoms with Crippen molar-refractivity contribution in [3.05, 3.63) is 0 Å². The molecule has 94 valence electrons. The maximum atomic E-state index is 10.4. The lowest BCUT2D eigenvalue weighted by Crippen LogP contribution is -2.14. The number of ether oxygens (including phenoxy) is 2. The molecule has 0 radical (unpaired) electrons. The summed E-state index contributed by atoms with van der Waals surface area (Å²) in [6, 6.07) is 0. The number of hydrogen-bond donors (Lipinski definition) is 0. The summed E-state index contributed by atoms with van der Waals surface area (Å²) in [7, 11) is 0. The average molecular weight is 228 g/mol. The number of carbonyl (C=O) groups is 1. The smallest absolute Gasteiger partial charge is 0.137 e. The van der Waals surface area contributed by atoms with Gasteiger partial charge in [0.1, 0.15) is 5.78 Å². The molecule has 0 aromatic rings. The standard InChI is InChI=1S/C8H16O.C5H8O2/c1-2-3-8-4-6-9-7-5-8;6-5-1-3-7-4-2-5/h8H,2-7H2,1H3;1-4H2. The monoisotopic (exact) mass is 228 g/mol. The Bertz CT molecular complexity index is 175. The Labute approximate surface area is 98.5 Å². The average Bonchev–Trinajstić information content (AvgIpc) is 2.33. The van der Waals surface area contributed by atoms with Crippen LogP contribution in [0.4, 0.5) is 0 Å². The van der Waals surface area contributed by atoms with Gasteiger partial charge in [0.25, 0.3) is 0 Å². The summed E-state index contributed by atoms with van der Waals surface area (Å²) in [5.74, 6) is 1.31. The van der Waals surface area contributed by atoms with E-state index in [9.17, 15) is 4.79 Å². The first-order valence-corrected chi connectivity index (χ1v) is 6.50. The molecule has 3 heteroatoms. The fourth-order valence-electron chi connectivity index (χ4n) is 2.04. The number of hydrogen-bond acceptors (Lipinski definition) is 3. The van der Waals surface area contributed by atoms with E-state index in [-0.39, 0.29) is 0 Å². The summed E-state index contributed by atoms with van der Waals surface area (Å²) < 4.78 is 10.2. The van der Waals surface area contributed by atoms with Gasteiger partial charge in [-0.1, -0.05) is 19.8 Å². The first kappa shape index (κ1) is 13.7. The van der Waals surface area contributed by atoms with Gasteiger partial charge < -0.3 is 9.47 Å². The van der Waals surface area contributed by atoms with Crippen LogP contribution in [-0.4, -0.2) is 32.2 Å². The fourth-order valence-corrected chi connectivity index (χ4v) is 2.04. The Morgan fingerprint density at radius 1 is 1.06 bits per heavy atom. The number of Topliss-reactive ketones (excluding diaryl/α,β-unsaturated/α-hetero) is 1. The van der Waals surface area contributed by atoms with Gasteiger partial charge in [0.2, 0.25) is 0 Å². The summed E-state index contributed by atoms with van der Waals surface area (Å²) in [5, 5.41) is 0. The van der Waals surface area contributed by atoms with Crippen molar-refractivity contribution in [3.8, 4) is 0 Å². The second kappa shape index (κ2) is 8.71. The molecule has 0 aliphatic carbocycles. The van der Waals surface area contributed by atoms with Gasteiger partial charge in [0.05, 0.1) is 13.2 Å². The Kier molecular flexibility index (Phi) is 7.43. The molecule has 0 atom stereocenters. The quantitative estimate of drug-likeness (QED) is 0.728. The molecule has 3 nitrogen and oxygen atoms in total. The third-order valence-electron chi connectivity index (χ3n) is 3.09. The van der Waals surface area contributed by atoms with Crippen LogP contribution in [0.2, 0.25) is 0 Å². The molecule has 2 aliphatic heterocycles. The molecule has 0 aromatic carbocycles. The van der Waals surface area contributed by atoms with Crippen LogP contribution in [0.5, 0.6) is 0 Å². The van der Waals surface area contributed by atoms with Crippen LogP contribution in [0.15, 0.2) is 0 Å². The van der Waals surface area contributed by atoms with E-state index in [0.29, 0.717) is 31.8 Å². The van der Waals surface area contributed by atoms with Crippen molar-refractivity contribution in [1.82, 2.24) is 0 Å². The van der Waals surface area contributed by atoms with Crippen LogP contribution >= 0.6 is 0 Å². The largest absolute Gasteiger partial charge is 0.381 e. The van der Waals surface area contributed by atoms with Crippen LogP contribution < -0.4 is 0 Å². The molecular formula is C13H24O3. The van der Waals surface area contributed by atoms with Crippen molar-refractivity contribution in [2.45, 2.75) is 45.4 Å². The van der Waals surface area contributed by atoms with Crippen LogP contribution in [0.3, 0.4) is 0 Å². The highest BCUT2D eigenvalue weighted by Gasteiger charge is 2.11. The zero-order valence-electron chi connectivity index (χ0n) is 10.4. The molecule has 0 amide bonds. The van der Waals surface area contributed by atoms with Gasteiger partial charge in [-0.3, -0.25) is 4.79 Å². The van der Waals surface area contributed by atoms with Gasteiger partial charge in [-0.05, 0) is 18.8 Å². The summed E-state index contributed by atoms with van der Waals surface area (Å²) in [4.78, 5) is 10.4. The lowest BCUT2D eigenvalue weighted by Gasteiger charge is -2.20. The molecule has 0 spiro atoms. The predicted octanol–water partition coefficient (Wildman–Crippen LogP) is 2.58. The third kappa shape index (κ3) is 6.23. The topological polar surface area (TPSA) is 35.5 Å². The summed E-state index contributed by atoms with van der Waals surface area (Å²) >= 11 is 0. The minimum Gasteiger partial charge on any atom is -0.381 e. The van der Waals surface area contributed by atoms with Crippen LogP contribution in [0.25, 0.3) is 0 Å². The van der Waals surface area contributed by atoms with E-state index in [0.717, 1.165) is 19.1 Å². The van der Waals surface area contributed by atoms with E-state index in [4.69, 9.17) is 9.47 Å². The predicted molar refractivity (Wildman–Crippen MR) is 63.5 cm³/mol. The minimum absolute atomic E-state index is 0.339. The van der Waals surface area contributed by atoms with Crippen LogP contribution in [-0.2, 0) is 14.3 Å². The van der Waals surface area contributed by atoms with E-state index in [1.165, 1.54) is 25.7 Å². The van der Waals surface area contributed by atoms with E-state index in [1.807, 2.05) is 0 Å². The van der Waals surface area contributed by atoms with Gasteiger partial charge in [-0.15, -0.1) is 0 Å². The molecule has 0 saturated carbocycles. The Morgan fingerprint density at radius 2 is 1.62 bits per heavy atom. The van der Waals surface area contributed by atoms with Crippen LogP contribution in [0, 0.1) is 5.92 Å². The second-order valence-electron chi connectivity index (χ2n) is 4.50. The lowest BCUT2D eigenvalue weighted by atomic mass is 9.95. The fraction of sp³-hybridized carbons (Fsp3) is 0.923. The molecule has 0 N–H and O–H groups in total. The number of rotatable bonds is 2. The Hall–Kier alpha value is -0.410. The highest BCUT2D eigenvalue weighted by molar-refractivity contribution is 5.78. The molecule has 2 rings (SSSR count). The van der Waals surface area contributed by atoms with E-state index in [2.05, 4.69) is 6.92 Å². The number of carbonyl (C=O) groups excluding carboxylic acids is 1. The van der Waals surface area contributed by atoms with Crippen molar-refractivity contribution in [3.63, 3.8) is 0 Å². The van der Waals surface area contributed by atoms with E-state index in [1.54, 1.807) is 0 Å². The summed E-state index contributed by atoms with van der Waals surface area (Å²) in [5.41, 5.74) is 0. The third-order valence-corrected chi connectivity index (χ3v) is 3.09. The van der Waals surface area contributed by atoms with Gasteiger partial charge >= 0.3 is 0 Å². The Morgan fingerprint density at radius 3 is 2.06 bits per heavy atom. The molecule has 0 unspecified atom stereocenters. The molecule has 2 aliphatic rings. The van der Waals surface area contributed by atoms with Crippen LogP contribution in [0.1, 0.15) is 45.4 Å². The molecular weight excluding hydrogens is 204 g/mol. The maximum absolute atomic E-state index is 10.4. The molecule has 0 bridgehead atoms. The van der Waals surface area contributed by atoms with Gasteiger partial charge in [-0.2, -0.15) is 0 Å². The van der Waals surface area contributed by atoms with Gasteiger partial charge in [0, 0.05) is 26.1 Å². The van der Waals surface area contributed by atoms with Crippen molar-refractivity contribution in [2.24, 2.45) is 5.92 Å². The lowest BCUT2D eigenvalue weighted by molar-refractivity contribution is -0.124. The number of ketones is 1. The molecule has 2 fully saturated rings. The van der Waals surface area contributed by atoms with E-state index >= 15 is 0 Å². The van der Waals surface area contributed by atoms with Crippen molar-refractivity contribution >= 4 is 5.78 Å². The first-order valence-electron chi connectivity index (χ1n) is 6.50. The molecule has 2 saturated heterocycles. The minimum atomic E-state index is 0.339. The highest BCUT2D eigenvalue weighted by atomic mass is 16.5. The van der Waals surface area contributed by atoms with Crippen molar-refractivity contribution in [2.75, 3.05) is 26.4 Å². The van der Waals surface area contributed by atoms with E-state index < -0.39 is 0 Å². The van der Waals surface area contributed by atoms with Gasteiger partial charge in [0.15, 0.2) is 0 Å². The summed E-state index contributed by atoms with van der Waals surface area (Å²) in [6.45, 7) is 5.54. The molecule has 16 heavy (non-hydrogen) atoms. The van der Waals surface area contributed by atoms with Gasteiger partial charge in [-0.25, -0.2) is 0 Å². The normalized spacial score (nSPS) is 22.4. The molecule has 0 aromatic heterocycles. The SMILES string of the molecule is CCCC1CCOCC1.O=C1CCOCC1. The zero-order chi connectivity index (χ0) is 11.6. The van der Waals surface area contributed by atoms with Crippen molar-refractivity contribution < 1.29 is 14.3 Å². The van der Waals surface area contributed by atoms with Crippen molar-refractivity contribution in [1.29, 1.82) is 0 Å². The first-order chi connectivity index (χ1) is 7.83. The zero-order valence-corrected chi connectivity index (χ0v) is 10.4. The maximum Gasteiger partial charge on any atom is 0.137 e. The Balaban J connectivity index is 0.000000165.